The maximum absolute atomic E-state index is 12.3. The van der Waals surface area contributed by atoms with Gasteiger partial charge >= 0.3 is 5.97 Å². The summed E-state index contributed by atoms with van der Waals surface area (Å²) in [7, 11) is 1.48. The maximum atomic E-state index is 12.3. The summed E-state index contributed by atoms with van der Waals surface area (Å²) in [5.74, 6) is -0.449. The van der Waals surface area contributed by atoms with Gasteiger partial charge in [-0.2, -0.15) is 4.68 Å². The number of carbonyl (C=O) groups excluding carboxylic acids is 2. The van der Waals surface area contributed by atoms with Gasteiger partial charge in [0.2, 0.25) is 10.9 Å². The number of ketones is 1. The number of ether oxygens (including phenoxy) is 2. The van der Waals surface area contributed by atoms with E-state index in [-0.39, 0.29) is 18.1 Å². The average Bonchev–Trinajstić information content (AvgIpc) is 3.20. The molecular weight excluding hydrogens is 392 g/mol. The van der Waals surface area contributed by atoms with Gasteiger partial charge in [0.15, 0.2) is 6.61 Å². The number of carbonyl (C=O) groups is 2. The van der Waals surface area contributed by atoms with Crippen LogP contribution in [0.5, 0.6) is 5.75 Å². The van der Waals surface area contributed by atoms with Gasteiger partial charge in [0.05, 0.1) is 24.1 Å². The topological polar surface area (TPSA) is 96.2 Å². The number of thioether (sulfide) groups is 1. The summed E-state index contributed by atoms with van der Waals surface area (Å²) < 4.78 is 11.8. The van der Waals surface area contributed by atoms with E-state index in [1.165, 1.54) is 7.11 Å². The molecule has 1 heterocycles. The van der Waals surface area contributed by atoms with E-state index in [4.69, 9.17) is 9.47 Å². The Morgan fingerprint density at radius 3 is 2.72 bits per heavy atom. The van der Waals surface area contributed by atoms with Gasteiger partial charge in [-0.3, -0.25) is 9.59 Å². The number of aromatic nitrogens is 4. The molecule has 0 unspecified atom stereocenters. The quantitative estimate of drug-likeness (QED) is 0.317. The van der Waals surface area contributed by atoms with Crippen molar-refractivity contribution in [2.24, 2.45) is 0 Å². The highest BCUT2D eigenvalue weighted by molar-refractivity contribution is 7.99. The number of esters is 1. The van der Waals surface area contributed by atoms with Crippen molar-refractivity contribution in [1.82, 2.24) is 20.2 Å². The normalized spacial score (nSPS) is 10.6. The van der Waals surface area contributed by atoms with Crippen LogP contribution in [0.15, 0.2) is 47.6 Å². The molecule has 0 aliphatic heterocycles. The molecule has 0 fully saturated rings. The van der Waals surface area contributed by atoms with E-state index in [1.807, 2.05) is 32.0 Å². The second-order valence-corrected chi connectivity index (χ2v) is 7.18. The zero-order valence-corrected chi connectivity index (χ0v) is 17.1. The van der Waals surface area contributed by atoms with Gasteiger partial charge in [0.1, 0.15) is 5.75 Å². The molecule has 8 nitrogen and oxygen atoms in total. The Hall–Kier alpha value is -3.20. The van der Waals surface area contributed by atoms with E-state index in [0.717, 1.165) is 28.6 Å². The number of nitrogens with zero attached hydrogens (tertiary/aromatic N) is 4. The summed E-state index contributed by atoms with van der Waals surface area (Å²) in [6, 6.07) is 12.8. The minimum absolute atomic E-state index is 0.0234. The number of methoxy groups -OCH3 is 1. The second kappa shape index (κ2) is 9.33. The highest BCUT2D eigenvalue weighted by atomic mass is 32.2. The van der Waals surface area contributed by atoms with Gasteiger partial charge in [0, 0.05) is 0 Å². The zero-order chi connectivity index (χ0) is 20.8. The van der Waals surface area contributed by atoms with Gasteiger partial charge in [0.25, 0.3) is 0 Å². The highest BCUT2D eigenvalue weighted by Crippen LogP contribution is 2.22. The van der Waals surface area contributed by atoms with E-state index in [9.17, 15) is 9.59 Å². The van der Waals surface area contributed by atoms with Crippen molar-refractivity contribution >= 4 is 23.5 Å². The minimum atomic E-state index is -0.534. The van der Waals surface area contributed by atoms with Crippen molar-refractivity contribution in [1.29, 1.82) is 0 Å². The first kappa shape index (κ1) is 20.5. The summed E-state index contributed by atoms with van der Waals surface area (Å²) in [5, 5.41) is 12.2. The first-order valence-electron chi connectivity index (χ1n) is 8.80. The third kappa shape index (κ3) is 5.00. The predicted molar refractivity (Wildman–Crippen MR) is 108 cm³/mol. The molecule has 0 aliphatic rings. The molecule has 0 N–H and O–H groups in total. The number of benzene rings is 2. The Balaban J connectivity index is 1.59. The number of hydrogen-bond donors (Lipinski definition) is 0. The first-order valence-corrected chi connectivity index (χ1v) is 9.79. The number of Topliss-reactive ketones (excluding diaryl/α,β-unsaturated/α-hetero) is 1. The van der Waals surface area contributed by atoms with Crippen LogP contribution in [0.3, 0.4) is 0 Å². The Bertz CT molecular complexity index is 1030. The van der Waals surface area contributed by atoms with Crippen molar-refractivity contribution in [3.05, 3.63) is 59.2 Å². The van der Waals surface area contributed by atoms with E-state index in [1.54, 1.807) is 28.9 Å². The summed E-state index contributed by atoms with van der Waals surface area (Å²) >= 11 is 1.14. The summed E-state index contributed by atoms with van der Waals surface area (Å²) in [4.78, 5) is 24.4. The molecule has 9 heteroatoms. The van der Waals surface area contributed by atoms with E-state index in [2.05, 4.69) is 15.5 Å². The van der Waals surface area contributed by atoms with Gasteiger partial charge in [-0.1, -0.05) is 36.0 Å². The second-order valence-electron chi connectivity index (χ2n) is 6.24. The van der Waals surface area contributed by atoms with E-state index in [0.29, 0.717) is 16.5 Å². The number of hydrogen-bond acceptors (Lipinski definition) is 8. The molecular formula is C20H20N4O4S. The van der Waals surface area contributed by atoms with Crippen LogP contribution >= 0.6 is 11.8 Å². The molecule has 2 aromatic carbocycles. The molecule has 0 spiro atoms. The van der Waals surface area contributed by atoms with Crippen molar-refractivity contribution in [3.63, 3.8) is 0 Å². The van der Waals surface area contributed by atoms with E-state index >= 15 is 0 Å². The third-order valence-electron chi connectivity index (χ3n) is 4.12. The average molecular weight is 412 g/mol. The molecule has 0 amide bonds. The van der Waals surface area contributed by atoms with Crippen LogP contribution < -0.4 is 4.74 Å². The number of aryl methyl sites for hydroxylation is 2. The molecule has 0 saturated carbocycles. The number of tetrazole rings is 1. The maximum Gasteiger partial charge on any atom is 0.316 e. The highest BCUT2D eigenvalue weighted by Gasteiger charge is 2.16. The molecule has 0 atom stereocenters. The van der Waals surface area contributed by atoms with Crippen LogP contribution in [-0.4, -0.2) is 51.4 Å². The fourth-order valence-electron chi connectivity index (χ4n) is 2.63. The van der Waals surface area contributed by atoms with Gasteiger partial charge < -0.3 is 9.47 Å². The third-order valence-corrected chi connectivity index (χ3v) is 5.02. The SMILES string of the molecule is COc1ccccc1C(=O)COC(=O)CSc1nnnn1-c1cc(C)ccc1C. The molecule has 150 valence electrons. The first-order chi connectivity index (χ1) is 14.0. The lowest BCUT2D eigenvalue weighted by Crippen LogP contribution is -2.16. The fourth-order valence-corrected chi connectivity index (χ4v) is 3.31. The summed E-state index contributed by atoms with van der Waals surface area (Å²) in [5.41, 5.74) is 3.30. The van der Waals surface area contributed by atoms with E-state index < -0.39 is 5.97 Å². The molecule has 0 aliphatic carbocycles. The Morgan fingerprint density at radius 2 is 1.93 bits per heavy atom. The lowest BCUT2D eigenvalue weighted by atomic mass is 10.1. The van der Waals surface area contributed by atoms with Crippen LogP contribution in [0.4, 0.5) is 0 Å². The largest absolute Gasteiger partial charge is 0.496 e. The molecule has 1 aromatic heterocycles. The smallest absolute Gasteiger partial charge is 0.316 e. The van der Waals surface area contributed by atoms with Crippen LogP contribution in [0.25, 0.3) is 5.69 Å². The monoisotopic (exact) mass is 412 g/mol. The number of rotatable bonds is 8. The Morgan fingerprint density at radius 1 is 1.14 bits per heavy atom. The van der Waals surface area contributed by atoms with Gasteiger partial charge in [-0.25, -0.2) is 0 Å². The standard InChI is InChI=1S/C20H20N4O4S/c1-13-8-9-14(2)16(10-13)24-20(21-22-23-24)29-12-19(26)28-11-17(25)15-6-4-5-7-18(15)27-3/h4-10H,11-12H2,1-3H3. The lowest BCUT2D eigenvalue weighted by Gasteiger charge is -2.09. The van der Waals surface area contributed by atoms with Gasteiger partial charge in [-0.05, 0) is 53.6 Å². The van der Waals surface area contributed by atoms with Crippen molar-refractivity contribution in [2.75, 3.05) is 19.5 Å². The summed E-state index contributed by atoms with van der Waals surface area (Å²) in [6.45, 7) is 3.58. The van der Waals surface area contributed by atoms with Crippen LogP contribution in [-0.2, 0) is 9.53 Å². The van der Waals surface area contributed by atoms with Crippen molar-refractivity contribution in [3.8, 4) is 11.4 Å². The molecule has 3 rings (SSSR count). The minimum Gasteiger partial charge on any atom is -0.496 e. The van der Waals surface area contributed by atoms with Crippen molar-refractivity contribution < 1.29 is 19.1 Å². The fraction of sp³-hybridized carbons (Fsp3) is 0.250. The van der Waals surface area contributed by atoms with Crippen LogP contribution in [0.1, 0.15) is 21.5 Å². The number of para-hydroxylation sites is 1. The summed E-state index contributed by atoms with van der Waals surface area (Å²) in [6.07, 6.45) is 0. The molecule has 0 bridgehead atoms. The predicted octanol–water partition coefficient (Wildman–Crippen LogP) is 2.81. The Labute approximate surface area is 172 Å². The Kier molecular flexibility index (Phi) is 6.61. The molecule has 0 saturated heterocycles. The molecule has 0 radical (unpaired) electrons. The van der Waals surface area contributed by atoms with Gasteiger partial charge in [-0.15, -0.1) is 5.10 Å². The lowest BCUT2D eigenvalue weighted by molar-refractivity contribution is -0.139. The molecule has 29 heavy (non-hydrogen) atoms. The van der Waals surface area contributed by atoms with Crippen LogP contribution in [0, 0.1) is 13.8 Å². The zero-order valence-electron chi connectivity index (χ0n) is 16.3. The molecule has 3 aromatic rings. The van der Waals surface area contributed by atoms with Crippen LogP contribution in [0.2, 0.25) is 0 Å². The van der Waals surface area contributed by atoms with Crippen molar-refractivity contribution in [2.45, 2.75) is 19.0 Å².